The quantitative estimate of drug-likeness (QED) is 0.905. The maximum atomic E-state index is 12.4. The molecule has 1 aromatic rings. The van der Waals surface area contributed by atoms with Crippen molar-refractivity contribution >= 4 is 23.3 Å². The third kappa shape index (κ3) is 3.12. The monoisotopic (exact) mass is 295 g/mol. The third-order valence-electron chi connectivity index (χ3n) is 3.45. The molecule has 0 unspecified atom stereocenters. The van der Waals surface area contributed by atoms with Crippen LogP contribution in [-0.4, -0.2) is 54.5 Å². The van der Waals surface area contributed by atoms with Gasteiger partial charge in [0.2, 0.25) is 0 Å². The van der Waals surface area contributed by atoms with Crippen molar-refractivity contribution in [1.29, 1.82) is 0 Å². The van der Waals surface area contributed by atoms with E-state index in [4.69, 9.17) is 0 Å². The summed E-state index contributed by atoms with van der Waals surface area (Å²) in [6.45, 7) is 8.93. The first-order valence-corrected chi connectivity index (χ1v) is 7.73. The third-order valence-corrected chi connectivity index (χ3v) is 4.42. The Morgan fingerprint density at radius 3 is 2.30 bits per heavy atom. The largest absolute Gasteiger partial charge is 0.338 e. The van der Waals surface area contributed by atoms with E-state index in [-0.39, 0.29) is 11.9 Å². The highest BCUT2D eigenvalue weighted by Crippen LogP contribution is 2.22. The Morgan fingerprint density at radius 2 is 1.80 bits per heavy atom. The fourth-order valence-electron chi connectivity index (χ4n) is 2.39. The fourth-order valence-corrected chi connectivity index (χ4v) is 3.31. The molecule has 1 fully saturated rings. The first-order chi connectivity index (χ1) is 9.52. The summed E-state index contributed by atoms with van der Waals surface area (Å²) in [6, 6.07) is 1.92. The van der Waals surface area contributed by atoms with Crippen LogP contribution in [-0.2, 0) is 0 Å². The highest BCUT2D eigenvalue weighted by Gasteiger charge is 2.25. The highest BCUT2D eigenvalue weighted by atomic mass is 32.1. The summed E-state index contributed by atoms with van der Waals surface area (Å²) in [5.41, 5.74) is 0.805. The maximum absolute atomic E-state index is 12.4. The normalized spacial score (nSPS) is 15.3. The summed E-state index contributed by atoms with van der Waals surface area (Å²) in [5.74, 6) is 0.0856. The highest BCUT2D eigenvalue weighted by molar-refractivity contribution is 7.12. The van der Waals surface area contributed by atoms with E-state index in [0.717, 1.165) is 15.3 Å². The van der Waals surface area contributed by atoms with Crippen molar-refractivity contribution in [2.24, 2.45) is 0 Å². The average Bonchev–Trinajstić information content (AvgIpc) is 2.77. The molecule has 5 nitrogen and oxygen atoms in total. The molecule has 1 saturated heterocycles. The Labute approximate surface area is 123 Å². The van der Waals surface area contributed by atoms with Crippen molar-refractivity contribution < 1.29 is 9.59 Å². The molecule has 0 saturated carbocycles. The van der Waals surface area contributed by atoms with Crippen molar-refractivity contribution in [3.63, 3.8) is 0 Å². The molecule has 1 N–H and O–H groups in total. The number of piperazine rings is 1. The Balaban J connectivity index is 1.95. The molecule has 0 radical (unpaired) electrons. The van der Waals surface area contributed by atoms with Gasteiger partial charge in [0.05, 0.1) is 5.56 Å². The van der Waals surface area contributed by atoms with Crippen LogP contribution in [0.4, 0.5) is 4.79 Å². The zero-order chi connectivity index (χ0) is 14.7. The summed E-state index contributed by atoms with van der Waals surface area (Å²) in [4.78, 5) is 30.0. The van der Waals surface area contributed by atoms with E-state index < -0.39 is 0 Å². The Morgan fingerprint density at radius 1 is 1.20 bits per heavy atom. The van der Waals surface area contributed by atoms with Gasteiger partial charge in [-0.2, -0.15) is 0 Å². The number of amides is 3. The zero-order valence-electron chi connectivity index (χ0n) is 12.2. The molecule has 0 atom stereocenters. The molecular formula is C14H21N3O2S. The smallest absolute Gasteiger partial charge is 0.317 e. The number of hydrogen-bond donors (Lipinski definition) is 1. The molecular weight excluding hydrogens is 274 g/mol. The summed E-state index contributed by atoms with van der Waals surface area (Å²) in [5, 5.41) is 2.79. The minimum absolute atomic E-state index is 0.0397. The van der Waals surface area contributed by atoms with Crippen molar-refractivity contribution in [3.05, 3.63) is 21.4 Å². The number of aryl methyl sites for hydroxylation is 2. The van der Waals surface area contributed by atoms with Crippen LogP contribution in [0.25, 0.3) is 0 Å². The van der Waals surface area contributed by atoms with E-state index in [1.54, 1.807) is 16.2 Å². The number of nitrogens with zero attached hydrogens (tertiary/aromatic N) is 2. The molecule has 1 aliphatic rings. The van der Waals surface area contributed by atoms with E-state index in [9.17, 15) is 9.59 Å². The maximum Gasteiger partial charge on any atom is 0.317 e. The van der Waals surface area contributed by atoms with Crippen LogP contribution >= 0.6 is 11.3 Å². The summed E-state index contributed by atoms with van der Waals surface area (Å²) >= 11 is 1.65. The molecule has 20 heavy (non-hydrogen) atoms. The topological polar surface area (TPSA) is 52.7 Å². The van der Waals surface area contributed by atoms with E-state index in [1.807, 2.05) is 31.7 Å². The van der Waals surface area contributed by atoms with E-state index in [2.05, 4.69) is 5.32 Å². The number of urea groups is 1. The number of hydrogen-bond acceptors (Lipinski definition) is 3. The molecule has 3 amide bonds. The average molecular weight is 295 g/mol. The van der Waals surface area contributed by atoms with Gasteiger partial charge in [-0.15, -0.1) is 11.3 Å². The van der Waals surface area contributed by atoms with E-state index in [0.29, 0.717) is 32.7 Å². The van der Waals surface area contributed by atoms with Crippen molar-refractivity contribution in [2.45, 2.75) is 20.8 Å². The standard InChI is InChI=1S/C14H21N3O2S/c1-4-15-14(19)17-7-5-16(6-8-17)13(18)12-9-10(2)20-11(12)3/h9H,4-8H2,1-3H3,(H,15,19). The van der Waals surface area contributed by atoms with Crippen LogP contribution in [0.2, 0.25) is 0 Å². The van der Waals surface area contributed by atoms with E-state index >= 15 is 0 Å². The predicted molar refractivity (Wildman–Crippen MR) is 80.3 cm³/mol. The molecule has 0 aliphatic carbocycles. The number of thiophene rings is 1. The van der Waals surface area contributed by atoms with Gasteiger partial charge in [0.25, 0.3) is 5.91 Å². The molecule has 0 aromatic carbocycles. The van der Waals surface area contributed by atoms with Crippen LogP contribution in [0.1, 0.15) is 27.0 Å². The van der Waals surface area contributed by atoms with Crippen molar-refractivity contribution in [2.75, 3.05) is 32.7 Å². The molecule has 2 heterocycles. The molecule has 0 spiro atoms. The molecule has 2 rings (SSSR count). The number of nitrogens with one attached hydrogen (secondary N) is 1. The SMILES string of the molecule is CCNC(=O)N1CCN(C(=O)c2cc(C)sc2C)CC1. The van der Waals surface area contributed by atoms with Crippen LogP contribution in [0.15, 0.2) is 6.07 Å². The first-order valence-electron chi connectivity index (χ1n) is 6.92. The Bertz CT molecular complexity index is 505. The lowest BCUT2D eigenvalue weighted by Gasteiger charge is -2.34. The first kappa shape index (κ1) is 14.8. The van der Waals surface area contributed by atoms with Crippen molar-refractivity contribution in [3.8, 4) is 0 Å². The van der Waals surface area contributed by atoms with Crippen molar-refractivity contribution in [1.82, 2.24) is 15.1 Å². The Kier molecular flexibility index (Phi) is 4.65. The van der Waals surface area contributed by atoms with Gasteiger partial charge in [-0.1, -0.05) is 0 Å². The number of carbonyl (C=O) groups excluding carboxylic acids is 2. The number of carbonyl (C=O) groups is 2. The van der Waals surface area contributed by atoms with Crippen LogP contribution < -0.4 is 5.32 Å². The molecule has 0 bridgehead atoms. The lowest BCUT2D eigenvalue weighted by molar-refractivity contribution is 0.0665. The predicted octanol–water partition coefficient (Wildman–Crippen LogP) is 1.85. The van der Waals surface area contributed by atoms with Crippen LogP contribution in [0, 0.1) is 13.8 Å². The van der Waals surface area contributed by atoms with Gasteiger partial charge in [0, 0.05) is 42.5 Å². The fraction of sp³-hybridized carbons (Fsp3) is 0.571. The van der Waals surface area contributed by atoms with Crippen LogP contribution in [0.5, 0.6) is 0 Å². The second-order valence-corrected chi connectivity index (χ2v) is 6.40. The minimum Gasteiger partial charge on any atom is -0.338 e. The van der Waals surface area contributed by atoms with Gasteiger partial charge < -0.3 is 15.1 Å². The molecule has 6 heteroatoms. The second kappa shape index (κ2) is 6.26. The second-order valence-electron chi connectivity index (χ2n) is 4.94. The lowest BCUT2D eigenvalue weighted by atomic mass is 10.2. The zero-order valence-corrected chi connectivity index (χ0v) is 13.0. The van der Waals surface area contributed by atoms with Gasteiger partial charge in [0.15, 0.2) is 0 Å². The summed E-state index contributed by atoms with van der Waals surface area (Å²) < 4.78 is 0. The van der Waals surface area contributed by atoms with E-state index in [1.165, 1.54) is 0 Å². The minimum atomic E-state index is -0.0397. The van der Waals surface area contributed by atoms with Gasteiger partial charge in [-0.25, -0.2) is 4.79 Å². The summed E-state index contributed by atoms with van der Waals surface area (Å²) in [6.07, 6.45) is 0. The Hall–Kier alpha value is -1.56. The van der Waals surface area contributed by atoms with Crippen LogP contribution in [0.3, 0.4) is 0 Å². The molecule has 110 valence electrons. The van der Waals surface area contributed by atoms with Gasteiger partial charge in [-0.3, -0.25) is 4.79 Å². The molecule has 1 aliphatic heterocycles. The van der Waals surface area contributed by atoms with Gasteiger partial charge in [0.1, 0.15) is 0 Å². The number of rotatable bonds is 2. The van der Waals surface area contributed by atoms with Gasteiger partial charge in [-0.05, 0) is 26.8 Å². The summed E-state index contributed by atoms with van der Waals surface area (Å²) in [7, 11) is 0. The van der Waals surface area contributed by atoms with Gasteiger partial charge >= 0.3 is 6.03 Å². The molecule has 1 aromatic heterocycles. The lowest BCUT2D eigenvalue weighted by Crippen LogP contribution is -2.53.